The Morgan fingerprint density at radius 1 is 1.24 bits per heavy atom. The number of benzene rings is 2. The van der Waals surface area contributed by atoms with Crippen molar-refractivity contribution < 1.29 is 19.1 Å². The van der Waals surface area contributed by atoms with Gasteiger partial charge in [0.15, 0.2) is 11.0 Å². The first-order valence-electron chi connectivity index (χ1n) is 11.2. The molecule has 2 aromatic carbocycles. The molecule has 2 aliphatic heterocycles. The fraction of sp³-hybridized carbons (Fsp3) is 0.360. The number of amidine groups is 1. The molecule has 2 heterocycles. The second kappa shape index (κ2) is 10.7. The second-order valence-corrected chi connectivity index (χ2v) is 9.98. The summed E-state index contributed by atoms with van der Waals surface area (Å²) in [4.78, 5) is 43.7. The Morgan fingerprint density at radius 2 is 2.00 bits per heavy atom. The largest absolute Gasteiger partial charge is 0.376 e. The summed E-state index contributed by atoms with van der Waals surface area (Å²) < 4.78 is 5.74. The highest BCUT2D eigenvalue weighted by molar-refractivity contribution is 8.15. The highest BCUT2D eigenvalue weighted by Gasteiger charge is 2.40. The van der Waals surface area contributed by atoms with Crippen molar-refractivity contribution >= 4 is 57.5 Å². The number of ketones is 1. The van der Waals surface area contributed by atoms with Crippen molar-refractivity contribution in [1.29, 1.82) is 0 Å². The van der Waals surface area contributed by atoms with Crippen LogP contribution >= 0.6 is 23.4 Å². The maximum Gasteiger partial charge on any atom is 0.242 e. The fourth-order valence-corrected chi connectivity index (χ4v) is 5.16. The fourth-order valence-electron chi connectivity index (χ4n) is 3.82. The van der Waals surface area contributed by atoms with Crippen molar-refractivity contribution in [3.05, 3.63) is 58.6 Å². The summed E-state index contributed by atoms with van der Waals surface area (Å²) in [6.07, 6.45) is 1.82. The number of carbonyl (C=O) groups is 3. The Bertz CT molecular complexity index is 1130. The number of nitrogens with one attached hydrogen (secondary N) is 1. The van der Waals surface area contributed by atoms with E-state index in [4.69, 9.17) is 16.3 Å². The minimum absolute atomic E-state index is 0.00760. The Morgan fingerprint density at radius 3 is 2.65 bits per heavy atom. The first kappa shape index (κ1) is 24.4. The van der Waals surface area contributed by atoms with Crippen molar-refractivity contribution in [3.8, 4) is 0 Å². The van der Waals surface area contributed by atoms with Crippen molar-refractivity contribution in [2.75, 3.05) is 18.5 Å². The maximum atomic E-state index is 13.2. The van der Waals surface area contributed by atoms with Crippen molar-refractivity contribution in [2.24, 2.45) is 4.99 Å². The molecule has 2 atom stereocenters. The zero-order chi connectivity index (χ0) is 24.2. The van der Waals surface area contributed by atoms with Crippen molar-refractivity contribution in [1.82, 2.24) is 4.90 Å². The van der Waals surface area contributed by atoms with Gasteiger partial charge in [0.1, 0.15) is 5.25 Å². The Labute approximate surface area is 207 Å². The van der Waals surface area contributed by atoms with Crippen molar-refractivity contribution in [3.63, 3.8) is 0 Å². The van der Waals surface area contributed by atoms with Gasteiger partial charge in [-0.25, -0.2) is 4.99 Å². The lowest BCUT2D eigenvalue weighted by molar-refractivity contribution is -0.129. The van der Waals surface area contributed by atoms with E-state index in [1.807, 2.05) is 19.1 Å². The molecule has 0 saturated carbocycles. The minimum atomic E-state index is -0.586. The lowest BCUT2D eigenvalue weighted by Gasteiger charge is -2.20. The smallest absolute Gasteiger partial charge is 0.242 e. The van der Waals surface area contributed by atoms with Crippen LogP contribution in [-0.4, -0.2) is 52.2 Å². The maximum absolute atomic E-state index is 13.2. The molecule has 9 heteroatoms. The number of aliphatic imine (C=N–C) groups is 1. The van der Waals surface area contributed by atoms with Crippen LogP contribution in [0.15, 0.2) is 47.5 Å². The Balaban J connectivity index is 1.49. The van der Waals surface area contributed by atoms with E-state index in [2.05, 4.69) is 10.3 Å². The normalized spacial score (nSPS) is 21.3. The molecule has 4 rings (SSSR count). The van der Waals surface area contributed by atoms with Gasteiger partial charge < -0.3 is 10.1 Å². The summed E-state index contributed by atoms with van der Waals surface area (Å²) in [5.74, 6) is -0.475. The van der Waals surface area contributed by atoms with Gasteiger partial charge in [0.2, 0.25) is 11.8 Å². The molecule has 2 amide bonds. The highest BCUT2D eigenvalue weighted by atomic mass is 35.5. The Hall–Kier alpha value is -2.68. The van der Waals surface area contributed by atoms with Gasteiger partial charge >= 0.3 is 0 Å². The number of hydrogen-bond acceptors (Lipinski definition) is 6. The van der Waals surface area contributed by atoms with Crippen LogP contribution in [-0.2, 0) is 14.3 Å². The van der Waals surface area contributed by atoms with E-state index in [1.165, 1.54) is 18.7 Å². The second-order valence-electron chi connectivity index (χ2n) is 8.40. The molecule has 7 nitrogen and oxygen atoms in total. The molecule has 2 saturated heterocycles. The van der Waals surface area contributed by atoms with Gasteiger partial charge in [-0.2, -0.15) is 0 Å². The predicted molar refractivity (Wildman–Crippen MR) is 135 cm³/mol. The molecule has 178 valence electrons. The molecule has 2 fully saturated rings. The van der Waals surface area contributed by atoms with E-state index in [-0.39, 0.29) is 30.1 Å². The quantitative estimate of drug-likeness (QED) is 0.542. The monoisotopic (exact) mass is 499 g/mol. The number of anilines is 1. The first-order chi connectivity index (χ1) is 16.3. The number of thioether (sulfide) groups is 1. The third kappa shape index (κ3) is 5.87. The van der Waals surface area contributed by atoms with E-state index in [0.29, 0.717) is 40.3 Å². The molecule has 0 aliphatic carbocycles. The standard InChI is InChI=1S/C25H26ClN3O4S/c1-15-5-8-19(12-21(15)26)28-25-29(14-20-4-3-11-33-20)24(32)22(34-25)13-23(31)27-18-9-6-17(7-10-18)16(2)30/h5-10,12,20,22H,3-4,11,13-14H2,1-2H3,(H,27,31)/t20-,22-/m0/s1. The predicted octanol–water partition coefficient (Wildman–Crippen LogP) is 4.99. The summed E-state index contributed by atoms with van der Waals surface area (Å²) in [5, 5.41) is 3.37. The number of Topliss-reactive ketones (excluding diaryl/α,β-unsaturated/α-hetero) is 1. The topological polar surface area (TPSA) is 88.1 Å². The number of amides is 2. The van der Waals surface area contributed by atoms with E-state index in [0.717, 1.165) is 18.4 Å². The van der Waals surface area contributed by atoms with Gasteiger partial charge in [0.25, 0.3) is 0 Å². The van der Waals surface area contributed by atoms with Crippen LogP contribution in [0.5, 0.6) is 0 Å². The van der Waals surface area contributed by atoms with E-state index in [1.54, 1.807) is 35.2 Å². The molecule has 2 aliphatic rings. The average molecular weight is 500 g/mol. The average Bonchev–Trinajstić information content (AvgIpc) is 3.41. The zero-order valence-electron chi connectivity index (χ0n) is 19.0. The van der Waals surface area contributed by atoms with Gasteiger partial charge in [0, 0.05) is 29.3 Å². The molecule has 2 aromatic rings. The van der Waals surface area contributed by atoms with E-state index < -0.39 is 5.25 Å². The summed E-state index contributed by atoms with van der Waals surface area (Å²) >= 11 is 7.54. The van der Waals surface area contributed by atoms with Crippen LogP contribution in [0, 0.1) is 6.92 Å². The molecular weight excluding hydrogens is 474 g/mol. The number of ether oxygens (including phenoxy) is 1. The van der Waals surface area contributed by atoms with Crippen molar-refractivity contribution in [2.45, 2.75) is 44.5 Å². The third-order valence-corrected chi connectivity index (χ3v) is 7.34. The lowest BCUT2D eigenvalue weighted by Crippen LogP contribution is -2.38. The summed E-state index contributed by atoms with van der Waals surface area (Å²) in [6, 6.07) is 12.2. The highest BCUT2D eigenvalue weighted by Crippen LogP contribution is 2.34. The van der Waals surface area contributed by atoms with Crippen LogP contribution < -0.4 is 5.32 Å². The SMILES string of the molecule is CC(=O)c1ccc(NC(=O)C[C@@H]2SC(=Nc3ccc(C)c(Cl)c3)N(C[C@@H]3CCCO3)C2=O)cc1. The van der Waals surface area contributed by atoms with Gasteiger partial charge in [-0.15, -0.1) is 0 Å². The number of hydrogen-bond donors (Lipinski definition) is 1. The zero-order valence-corrected chi connectivity index (χ0v) is 20.6. The molecule has 34 heavy (non-hydrogen) atoms. The number of aryl methyl sites for hydroxylation is 1. The minimum Gasteiger partial charge on any atom is -0.376 e. The van der Waals surface area contributed by atoms with Gasteiger partial charge in [-0.05, 0) is 68.7 Å². The number of rotatable bonds is 7. The first-order valence-corrected chi connectivity index (χ1v) is 12.4. The number of nitrogens with zero attached hydrogens (tertiary/aromatic N) is 2. The van der Waals surface area contributed by atoms with Crippen LogP contribution in [0.3, 0.4) is 0 Å². The van der Waals surface area contributed by atoms with Crippen LogP contribution in [0.25, 0.3) is 0 Å². The molecule has 0 aromatic heterocycles. The van der Waals surface area contributed by atoms with Gasteiger partial charge in [-0.1, -0.05) is 29.4 Å². The number of halogens is 1. The van der Waals surface area contributed by atoms with E-state index >= 15 is 0 Å². The molecule has 0 radical (unpaired) electrons. The molecule has 0 unspecified atom stereocenters. The summed E-state index contributed by atoms with van der Waals surface area (Å²) in [6.45, 7) is 4.50. The Kier molecular flexibility index (Phi) is 7.70. The lowest BCUT2D eigenvalue weighted by atomic mass is 10.1. The van der Waals surface area contributed by atoms with Crippen LogP contribution in [0.1, 0.15) is 42.1 Å². The van der Waals surface area contributed by atoms with Gasteiger partial charge in [-0.3, -0.25) is 19.3 Å². The summed E-state index contributed by atoms with van der Waals surface area (Å²) in [7, 11) is 0. The van der Waals surface area contributed by atoms with Crippen LogP contribution in [0.4, 0.5) is 11.4 Å². The third-order valence-electron chi connectivity index (χ3n) is 5.76. The van der Waals surface area contributed by atoms with Gasteiger partial charge in [0.05, 0.1) is 18.3 Å². The molecule has 0 bridgehead atoms. The molecule has 0 spiro atoms. The summed E-state index contributed by atoms with van der Waals surface area (Å²) in [5.41, 5.74) is 2.74. The molecular formula is C25H26ClN3O4S. The molecule has 1 N–H and O–H groups in total. The van der Waals surface area contributed by atoms with E-state index in [9.17, 15) is 14.4 Å². The number of carbonyl (C=O) groups excluding carboxylic acids is 3. The van der Waals surface area contributed by atoms with Crippen LogP contribution in [0.2, 0.25) is 5.02 Å².